The van der Waals surface area contributed by atoms with E-state index in [0.717, 1.165) is 21.7 Å². The first-order valence-corrected chi connectivity index (χ1v) is 14.0. The third-order valence-corrected chi connectivity index (χ3v) is 7.23. The van der Waals surface area contributed by atoms with Crippen LogP contribution < -0.4 is 29.7 Å². The lowest BCUT2D eigenvalue weighted by molar-refractivity contribution is 0.0827. The fourth-order valence-electron chi connectivity index (χ4n) is 4.22. The topological polar surface area (TPSA) is 95.2 Å². The van der Waals surface area contributed by atoms with Crippen LogP contribution in [0.5, 0.6) is 11.5 Å². The molecule has 0 heterocycles. The molecule has 3 N–H and O–H groups in total. The van der Waals surface area contributed by atoms with Gasteiger partial charge in [0.1, 0.15) is 5.75 Å². The lowest BCUT2D eigenvalue weighted by Crippen LogP contribution is -2.21. The molecular formula is C32H35N5O4S. The van der Waals surface area contributed by atoms with E-state index < -0.39 is 6.03 Å². The highest BCUT2D eigenvalue weighted by atomic mass is 32.2. The molecule has 4 aromatic carbocycles. The van der Waals surface area contributed by atoms with Crippen LogP contribution >= 0.6 is 11.9 Å². The van der Waals surface area contributed by atoms with Crippen LogP contribution in [0.2, 0.25) is 0 Å². The molecule has 0 saturated carbocycles. The van der Waals surface area contributed by atoms with Gasteiger partial charge in [0, 0.05) is 45.1 Å². The van der Waals surface area contributed by atoms with Crippen molar-refractivity contribution in [3.8, 4) is 22.6 Å². The second-order valence-corrected chi connectivity index (χ2v) is 10.6. The number of methoxy groups -OCH3 is 2. The maximum atomic E-state index is 12.8. The van der Waals surface area contributed by atoms with Gasteiger partial charge in [0.05, 0.1) is 30.5 Å². The fourth-order valence-corrected chi connectivity index (χ4v) is 5.04. The Hall–Kier alpha value is -4.83. The number of hydrogen-bond donors (Lipinski definition) is 3. The van der Waals surface area contributed by atoms with E-state index in [1.54, 1.807) is 45.3 Å². The SMILES string of the molecule is COc1ccc(-c2cccc(C(=O)N(C)C)c2)cc1SNc1cccc(NC(=O)Nc2cccc(N(C)C)c2)c1OC. The van der Waals surface area contributed by atoms with Gasteiger partial charge in [-0.1, -0.05) is 30.3 Å². The monoisotopic (exact) mass is 585 g/mol. The summed E-state index contributed by atoms with van der Waals surface area (Å²) in [6, 6.07) is 26.0. The normalized spacial score (nSPS) is 10.4. The van der Waals surface area contributed by atoms with Gasteiger partial charge >= 0.3 is 6.03 Å². The smallest absolute Gasteiger partial charge is 0.323 e. The molecule has 42 heavy (non-hydrogen) atoms. The summed E-state index contributed by atoms with van der Waals surface area (Å²) in [4.78, 5) is 29.7. The van der Waals surface area contributed by atoms with Gasteiger partial charge in [-0.15, -0.1) is 0 Å². The zero-order chi connectivity index (χ0) is 30.2. The quantitative estimate of drug-likeness (QED) is 0.174. The molecule has 9 nitrogen and oxygen atoms in total. The largest absolute Gasteiger partial charge is 0.496 e. The summed E-state index contributed by atoms with van der Waals surface area (Å²) < 4.78 is 14.6. The predicted octanol–water partition coefficient (Wildman–Crippen LogP) is 6.90. The summed E-state index contributed by atoms with van der Waals surface area (Å²) in [5, 5.41) is 5.75. The number of para-hydroxylation sites is 1. The zero-order valence-corrected chi connectivity index (χ0v) is 25.3. The summed E-state index contributed by atoms with van der Waals surface area (Å²) >= 11 is 1.35. The third-order valence-electron chi connectivity index (χ3n) is 6.37. The van der Waals surface area contributed by atoms with Crippen LogP contribution in [-0.2, 0) is 0 Å². The van der Waals surface area contributed by atoms with Crippen molar-refractivity contribution in [2.75, 3.05) is 62.7 Å². The standard InChI is InChI=1S/C32H35N5O4S/c1-36(2)25-13-8-12-24(20-25)33-32(39)34-26-14-9-15-27(30(26)41-6)35-42-29-19-22(16-17-28(29)40-5)21-10-7-11-23(18-21)31(38)37(3)4/h7-20,35H,1-6H3,(H2,33,34,39). The molecule has 4 rings (SSSR count). The van der Waals surface area contributed by atoms with E-state index in [9.17, 15) is 9.59 Å². The van der Waals surface area contributed by atoms with Crippen LogP contribution in [0, 0.1) is 0 Å². The second-order valence-electron chi connectivity index (χ2n) is 9.76. The highest BCUT2D eigenvalue weighted by molar-refractivity contribution is 8.00. The van der Waals surface area contributed by atoms with E-state index in [1.165, 1.54) is 11.9 Å². The van der Waals surface area contributed by atoms with Crippen molar-refractivity contribution in [3.63, 3.8) is 0 Å². The molecule has 0 aliphatic heterocycles. The minimum absolute atomic E-state index is 0.0574. The maximum absolute atomic E-state index is 12.8. The van der Waals surface area contributed by atoms with Crippen LogP contribution in [0.1, 0.15) is 10.4 Å². The van der Waals surface area contributed by atoms with Crippen molar-refractivity contribution in [3.05, 3.63) is 90.5 Å². The molecule has 0 aliphatic carbocycles. The summed E-state index contributed by atoms with van der Waals surface area (Å²) in [6.07, 6.45) is 0. The molecule has 0 saturated heterocycles. The third kappa shape index (κ3) is 7.27. The number of carbonyl (C=O) groups is 2. The van der Waals surface area contributed by atoms with Crippen LogP contribution in [-0.4, -0.2) is 59.2 Å². The number of urea groups is 1. The maximum Gasteiger partial charge on any atom is 0.323 e. The molecule has 0 atom stereocenters. The van der Waals surface area contributed by atoms with Gasteiger partial charge < -0.3 is 34.6 Å². The Morgan fingerprint density at radius 3 is 2.17 bits per heavy atom. The summed E-state index contributed by atoms with van der Waals surface area (Å²) in [5.41, 5.74) is 5.29. The Balaban J connectivity index is 1.52. The molecule has 0 aromatic heterocycles. The van der Waals surface area contributed by atoms with Crippen molar-refractivity contribution in [1.82, 2.24) is 4.90 Å². The first-order valence-electron chi connectivity index (χ1n) is 13.2. The lowest BCUT2D eigenvalue weighted by atomic mass is 10.0. The summed E-state index contributed by atoms with van der Waals surface area (Å²) in [5.74, 6) is 1.11. The number of benzene rings is 4. The first-order chi connectivity index (χ1) is 20.2. The van der Waals surface area contributed by atoms with Crippen LogP contribution in [0.3, 0.4) is 0 Å². The number of ether oxygens (including phenoxy) is 2. The van der Waals surface area contributed by atoms with Crippen molar-refractivity contribution >= 4 is 46.6 Å². The van der Waals surface area contributed by atoms with E-state index in [1.807, 2.05) is 91.8 Å². The van der Waals surface area contributed by atoms with E-state index >= 15 is 0 Å². The summed E-state index contributed by atoms with van der Waals surface area (Å²) in [7, 11) is 10.5. The Bertz CT molecular complexity index is 1570. The number of amides is 3. The Labute approximate surface area is 251 Å². The average molecular weight is 586 g/mol. The molecule has 10 heteroatoms. The van der Waals surface area contributed by atoms with Gasteiger partial charge in [0.2, 0.25) is 0 Å². The number of nitrogens with one attached hydrogen (secondary N) is 3. The van der Waals surface area contributed by atoms with Crippen molar-refractivity contribution < 1.29 is 19.1 Å². The van der Waals surface area contributed by atoms with E-state index in [2.05, 4.69) is 15.4 Å². The molecule has 4 aromatic rings. The van der Waals surface area contributed by atoms with Crippen LogP contribution in [0.15, 0.2) is 89.8 Å². The number of anilines is 4. The van der Waals surface area contributed by atoms with E-state index in [0.29, 0.717) is 34.1 Å². The van der Waals surface area contributed by atoms with E-state index in [4.69, 9.17) is 9.47 Å². The minimum atomic E-state index is -0.390. The molecule has 3 amide bonds. The molecule has 0 fully saturated rings. The summed E-state index contributed by atoms with van der Waals surface area (Å²) in [6.45, 7) is 0. The Morgan fingerprint density at radius 2 is 1.45 bits per heavy atom. The number of rotatable bonds is 10. The molecule has 0 radical (unpaired) electrons. The van der Waals surface area contributed by atoms with Crippen LogP contribution in [0.25, 0.3) is 11.1 Å². The van der Waals surface area contributed by atoms with Gasteiger partial charge in [-0.3, -0.25) is 4.79 Å². The van der Waals surface area contributed by atoms with Gasteiger partial charge in [-0.25, -0.2) is 4.79 Å². The molecule has 0 bridgehead atoms. The molecular weight excluding hydrogens is 550 g/mol. The highest BCUT2D eigenvalue weighted by Crippen LogP contribution is 2.39. The predicted molar refractivity (Wildman–Crippen MR) is 172 cm³/mol. The molecule has 0 unspecified atom stereocenters. The van der Waals surface area contributed by atoms with Gasteiger partial charge in [0.25, 0.3) is 5.91 Å². The molecule has 0 aliphatic rings. The van der Waals surface area contributed by atoms with Gasteiger partial charge in [-0.05, 0) is 77.7 Å². The zero-order valence-electron chi connectivity index (χ0n) is 24.5. The second kappa shape index (κ2) is 13.7. The highest BCUT2D eigenvalue weighted by Gasteiger charge is 2.15. The minimum Gasteiger partial charge on any atom is -0.496 e. The van der Waals surface area contributed by atoms with Crippen molar-refractivity contribution in [2.45, 2.75) is 4.90 Å². The van der Waals surface area contributed by atoms with Gasteiger partial charge in [-0.2, -0.15) is 0 Å². The Morgan fingerprint density at radius 1 is 0.738 bits per heavy atom. The number of carbonyl (C=O) groups excluding carboxylic acids is 2. The van der Waals surface area contributed by atoms with E-state index in [-0.39, 0.29) is 5.91 Å². The van der Waals surface area contributed by atoms with Gasteiger partial charge in [0.15, 0.2) is 5.75 Å². The first kappa shape index (κ1) is 30.1. The Kier molecular flexibility index (Phi) is 9.82. The number of nitrogens with zero attached hydrogens (tertiary/aromatic N) is 2. The van der Waals surface area contributed by atoms with Crippen LogP contribution in [0.4, 0.5) is 27.5 Å². The molecule has 218 valence electrons. The lowest BCUT2D eigenvalue weighted by Gasteiger charge is -2.17. The fraction of sp³-hybridized carbons (Fsp3) is 0.188. The molecule has 0 spiro atoms. The number of hydrogen-bond acceptors (Lipinski definition) is 7. The van der Waals surface area contributed by atoms with Crippen molar-refractivity contribution in [1.29, 1.82) is 0 Å². The van der Waals surface area contributed by atoms with Crippen molar-refractivity contribution in [2.24, 2.45) is 0 Å². The average Bonchev–Trinajstić information content (AvgIpc) is 2.99.